The van der Waals surface area contributed by atoms with E-state index in [0.29, 0.717) is 85.6 Å². The van der Waals surface area contributed by atoms with Crippen LogP contribution in [0.25, 0.3) is 5.57 Å². The third kappa shape index (κ3) is 9.09. The van der Waals surface area contributed by atoms with Gasteiger partial charge in [-0.2, -0.15) is 0 Å². The van der Waals surface area contributed by atoms with E-state index in [-0.39, 0.29) is 35.6 Å². The smallest absolute Gasteiger partial charge is 0.251 e. The molecule has 5 aromatic rings. The number of anilines is 3. The highest BCUT2D eigenvalue weighted by Crippen LogP contribution is 2.45. The Morgan fingerprint density at radius 3 is 1.38 bits per heavy atom. The first-order chi connectivity index (χ1) is 31.4. The zero-order chi connectivity index (χ0) is 43.1. The SMILES string of the molecule is O=C1C(=O)/C(=C2/C=CC(=[N+](c3ccc(OCC4CO4)cc3)c3ccc(OCC4CO4)cc3)S2)C([O-])=C1c1ccc(N(c2ccc(OCC3CO3)cc2)c2ccc(OCC3CO3)cc2)s1. The van der Waals surface area contributed by atoms with Crippen LogP contribution in [0, 0.1) is 0 Å². The van der Waals surface area contributed by atoms with Gasteiger partial charge in [0.05, 0.1) is 26.4 Å². The summed E-state index contributed by atoms with van der Waals surface area (Å²) in [5, 5.41) is 15.8. The van der Waals surface area contributed by atoms with Crippen molar-refractivity contribution in [3.63, 3.8) is 0 Å². The molecule has 1 aromatic heterocycles. The Morgan fingerprint density at radius 2 is 0.953 bits per heavy atom. The van der Waals surface area contributed by atoms with Crippen molar-refractivity contribution in [3.8, 4) is 23.0 Å². The molecule has 6 aliphatic rings. The Bertz CT molecular complexity index is 2590. The maximum Gasteiger partial charge on any atom is 0.251 e. The van der Waals surface area contributed by atoms with Crippen molar-refractivity contribution in [3.05, 3.63) is 142 Å². The van der Waals surface area contributed by atoms with Crippen molar-refractivity contribution in [2.75, 3.05) is 57.8 Å². The van der Waals surface area contributed by atoms with Gasteiger partial charge in [0, 0.05) is 62.6 Å². The van der Waals surface area contributed by atoms with Gasteiger partial charge < -0.3 is 47.9 Å². The van der Waals surface area contributed by atoms with E-state index in [1.54, 1.807) is 12.1 Å². The highest BCUT2D eigenvalue weighted by atomic mass is 32.2. The van der Waals surface area contributed by atoms with Crippen LogP contribution in [0.5, 0.6) is 23.0 Å². The van der Waals surface area contributed by atoms with E-state index in [1.165, 1.54) is 23.1 Å². The predicted molar refractivity (Wildman–Crippen MR) is 240 cm³/mol. The molecule has 4 unspecified atom stereocenters. The molecule has 0 N–H and O–H groups in total. The lowest BCUT2D eigenvalue weighted by atomic mass is 10.1. The van der Waals surface area contributed by atoms with E-state index < -0.39 is 17.3 Å². The van der Waals surface area contributed by atoms with Gasteiger partial charge in [0.15, 0.2) is 0 Å². The number of thiophene rings is 1. The minimum absolute atomic E-state index is 0.126. The summed E-state index contributed by atoms with van der Waals surface area (Å²) in [6, 6.07) is 34.3. The highest BCUT2D eigenvalue weighted by Gasteiger charge is 2.38. The number of thioether (sulfide) groups is 1. The number of carbonyl (C=O) groups excluding carboxylic acids is 2. The maximum absolute atomic E-state index is 14.3. The standard InChI is InChI=1S/C49H40N2O11S2/c52-47-45(41-17-19-43(63-41)50(29-1-9-33(10-2-29)55-21-37-25-59-37)30-3-11-34(12-4-30)56-22-38-26-60-38)48(53)49(54)46(47)42-18-20-44(64-42)51(31-5-13-35(14-6-31)57-23-39-27-61-39)32-7-15-36(16-8-32)58-24-40-28-62-40/h1-20,37-40H,21-28H2. The van der Waals surface area contributed by atoms with Gasteiger partial charge in [-0.25, -0.2) is 0 Å². The number of allylic oxidation sites excluding steroid dienone is 3. The molecule has 4 fully saturated rings. The maximum atomic E-state index is 14.3. The summed E-state index contributed by atoms with van der Waals surface area (Å²) in [4.78, 5) is 30.5. The lowest BCUT2D eigenvalue weighted by Crippen LogP contribution is -2.13. The summed E-state index contributed by atoms with van der Waals surface area (Å²) in [5.74, 6) is 0.590. The third-order valence-corrected chi connectivity index (χ3v) is 13.1. The Morgan fingerprint density at radius 1 is 0.547 bits per heavy atom. The fourth-order valence-corrected chi connectivity index (χ4v) is 9.33. The van der Waals surface area contributed by atoms with Gasteiger partial charge in [0.25, 0.3) is 5.04 Å². The second-order valence-electron chi connectivity index (χ2n) is 15.7. The zero-order valence-corrected chi connectivity index (χ0v) is 35.8. The molecule has 324 valence electrons. The van der Waals surface area contributed by atoms with Crippen LogP contribution < -0.4 is 33.5 Å². The fourth-order valence-electron chi connectivity index (χ4n) is 7.16. The fraction of sp³-hybridized carbons (Fsp3) is 0.245. The molecule has 5 aliphatic heterocycles. The van der Waals surface area contributed by atoms with Gasteiger partial charge in [0.1, 0.15) is 78.8 Å². The molecule has 0 amide bonds. The second-order valence-corrected chi connectivity index (χ2v) is 17.8. The van der Waals surface area contributed by atoms with Crippen molar-refractivity contribution in [1.82, 2.24) is 4.58 Å². The van der Waals surface area contributed by atoms with Crippen LogP contribution in [0.3, 0.4) is 0 Å². The summed E-state index contributed by atoms with van der Waals surface area (Å²) in [6.45, 7) is 4.73. The monoisotopic (exact) mass is 896 g/mol. The van der Waals surface area contributed by atoms with Crippen LogP contribution in [0.2, 0.25) is 0 Å². The van der Waals surface area contributed by atoms with Crippen LogP contribution in [0.4, 0.5) is 27.8 Å². The molecule has 0 spiro atoms. The average molecular weight is 897 g/mol. The lowest BCUT2D eigenvalue weighted by molar-refractivity contribution is -0.294. The molecular formula is C49H40N2O11S2. The average Bonchev–Trinajstić information content (AvgIpc) is 4.13. The summed E-state index contributed by atoms with van der Waals surface area (Å²) < 4.78 is 46.8. The van der Waals surface area contributed by atoms with Gasteiger partial charge >= 0.3 is 0 Å². The Kier molecular flexibility index (Phi) is 11.0. The van der Waals surface area contributed by atoms with Crippen LogP contribution in [-0.4, -0.2) is 93.9 Å². The van der Waals surface area contributed by atoms with Crippen LogP contribution in [0.1, 0.15) is 4.88 Å². The summed E-state index contributed by atoms with van der Waals surface area (Å²) in [7, 11) is 0. The van der Waals surface area contributed by atoms with E-state index in [9.17, 15) is 14.7 Å². The first kappa shape index (κ1) is 40.6. The van der Waals surface area contributed by atoms with Gasteiger partial charge in [-0.05, 0) is 103 Å². The molecule has 0 bridgehead atoms. The Labute approximate surface area is 376 Å². The largest absolute Gasteiger partial charge is 0.871 e. The lowest BCUT2D eigenvalue weighted by Gasteiger charge is -2.24. The molecular weight excluding hydrogens is 857 g/mol. The summed E-state index contributed by atoms with van der Waals surface area (Å²) in [6.07, 6.45) is 4.09. The van der Waals surface area contributed by atoms with Gasteiger partial charge in [0.2, 0.25) is 22.9 Å². The van der Waals surface area contributed by atoms with Crippen LogP contribution >= 0.6 is 23.1 Å². The van der Waals surface area contributed by atoms with E-state index in [4.69, 9.17) is 37.9 Å². The first-order valence-corrected chi connectivity index (χ1v) is 22.6. The van der Waals surface area contributed by atoms with E-state index >= 15 is 0 Å². The number of benzene rings is 4. The number of rotatable bonds is 18. The number of hydrogen-bond acceptors (Lipinski definition) is 14. The number of nitrogens with zero attached hydrogens (tertiary/aromatic N) is 2. The van der Waals surface area contributed by atoms with Crippen molar-refractivity contribution in [2.45, 2.75) is 24.4 Å². The van der Waals surface area contributed by atoms with Crippen molar-refractivity contribution in [1.29, 1.82) is 0 Å². The molecule has 11 rings (SSSR count). The number of Topliss-reactive ketones (excluding diaryl/α,β-unsaturated/α-hetero) is 2. The molecule has 1 aliphatic carbocycles. The van der Waals surface area contributed by atoms with E-state index in [0.717, 1.165) is 32.8 Å². The van der Waals surface area contributed by atoms with Crippen LogP contribution in [-0.2, 0) is 28.5 Å². The Balaban J connectivity index is 0.895. The number of hydrogen-bond donors (Lipinski definition) is 0. The quantitative estimate of drug-likeness (QED) is 0.0383. The predicted octanol–water partition coefficient (Wildman–Crippen LogP) is 7.04. The molecule has 0 radical (unpaired) electrons. The molecule has 6 heterocycles. The number of carbonyl (C=O) groups is 2. The topological polar surface area (TPSA) is 150 Å². The minimum Gasteiger partial charge on any atom is -0.871 e. The van der Waals surface area contributed by atoms with Gasteiger partial charge in [-0.15, -0.1) is 15.9 Å². The Hall–Kier alpha value is -6.20. The molecule has 4 atom stereocenters. The molecule has 13 nitrogen and oxygen atoms in total. The van der Waals surface area contributed by atoms with Crippen molar-refractivity contribution >= 4 is 73.0 Å². The van der Waals surface area contributed by atoms with Crippen molar-refractivity contribution in [2.24, 2.45) is 0 Å². The van der Waals surface area contributed by atoms with Crippen molar-refractivity contribution < 1.29 is 52.6 Å². The first-order valence-electron chi connectivity index (χ1n) is 21.0. The van der Waals surface area contributed by atoms with E-state index in [2.05, 4.69) is 0 Å². The minimum atomic E-state index is -0.826. The summed E-state index contributed by atoms with van der Waals surface area (Å²) >= 11 is 2.52. The number of ketones is 2. The molecule has 4 aromatic carbocycles. The summed E-state index contributed by atoms with van der Waals surface area (Å²) in [5.41, 5.74) is 3.00. The van der Waals surface area contributed by atoms with E-state index in [1.807, 2.05) is 119 Å². The number of epoxide rings is 4. The third-order valence-electron chi connectivity index (χ3n) is 11.0. The molecule has 4 saturated heterocycles. The molecule has 0 saturated carbocycles. The molecule has 64 heavy (non-hydrogen) atoms. The van der Waals surface area contributed by atoms with Gasteiger partial charge in [-0.1, -0.05) is 5.76 Å². The number of ether oxygens (including phenoxy) is 8. The highest BCUT2D eigenvalue weighted by molar-refractivity contribution is 8.18. The second kappa shape index (κ2) is 17.4. The normalized spacial score (nSPS) is 22.8. The van der Waals surface area contributed by atoms with Gasteiger partial charge in [-0.3, -0.25) is 9.59 Å². The van der Waals surface area contributed by atoms with Crippen LogP contribution in [0.15, 0.2) is 138 Å². The zero-order valence-electron chi connectivity index (χ0n) is 34.2. The molecule has 15 heteroatoms.